The summed E-state index contributed by atoms with van der Waals surface area (Å²) >= 11 is 5.97. The summed E-state index contributed by atoms with van der Waals surface area (Å²) in [5.74, 6) is 0. The Morgan fingerprint density at radius 2 is 2.07 bits per heavy atom. The first-order chi connectivity index (χ1) is 6.86. The molecule has 2 aromatic rings. The zero-order valence-corrected chi connectivity index (χ0v) is 8.07. The van der Waals surface area contributed by atoms with Gasteiger partial charge in [-0.05, 0) is 17.7 Å². The van der Waals surface area contributed by atoms with Crippen molar-refractivity contribution in [2.45, 2.75) is 0 Å². The lowest BCUT2D eigenvalue weighted by Gasteiger charge is -1.94. The number of hydrogen-bond acceptors (Lipinski definition) is 2. The molecule has 0 saturated carbocycles. The van der Waals surface area contributed by atoms with Gasteiger partial charge in [-0.1, -0.05) is 35.9 Å². The van der Waals surface area contributed by atoms with E-state index in [1.807, 2.05) is 36.4 Å². The molecule has 2 rings (SSSR count). The van der Waals surface area contributed by atoms with Crippen LogP contribution in [0.15, 0.2) is 30.5 Å². The van der Waals surface area contributed by atoms with Crippen molar-refractivity contribution < 1.29 is 0 Å². The fourth-order valence-electron chi connectivity index (χ4n) is 1.08. The Bertz CT molecular complexity index is 434. The summed E-state index contributed by atoms with van der Waals surface area (Å²) in [6.45, 7) is 0. The Morgan fingerprint density at radius 1 is 1.21 bits per heavy atom. The molecule has 0 radical (unpaired) electrons. The molecule has 14 heavy (non-hydrogen) atoms. The molecule has 1 N–H and O–H groups in total. The van der Waals surface area contributed by atoms with Crippen molar-refractivity contribution in [1.29, 1.82) is 0 Å². The second kappa shape index (κ2) is 4.07. The molecule has 0 amide bonds. The maximum absolute atomic E-state index is 5.97. The van der Waals surface area contributed by atoms with E-state index in [9.17, 15) is 0 Å². The summed E-state index contributed by atoms with van der Waals surface area (Å²) in [7, 11) is 0. The van der Waals surface area contributed by atoms with Crippen LogP contribution in [0.2, 0.25) is 5.02 Å². The van der Waals surface area contributed by atoms with Crippen molar-refractivity contribution in [3.05, 3.63) is 46.7 Å². The van der Waals surface area contributed by atoms with E-state index in [4.69, 9.17) is 11.6 Å². The molecule has 1 aromatic heterocycles. The number of hydrogen-bond donors (Lipinski definition) is 1. The number of aromatic amines is 1. The van der Waals surface area contributed by atoms with Crippen LogP contribution in [0.3, 0.4) is 0 Å². The largest absolute Gasteiger partial charge is 0.197 e. The molecule has 1 heterocycles. The van der Waals surface area contributed by atoms with Gasteiger partial charge in [0.1, 0.15) is 5.69 Å². The third-order valence-electron chi connectivity index (χ3n) is 1.77. The molecule has 4 heteroatoms. The first-order valence-corrected chi connectivity index (χ1v) is 4.52. The van der Waals surface area contributed by atoms with Crippen molar-refractivity contribution in [1.82, 2.24) is 15.4 Å². The third-order valence-corrected chi connectivity index (χ3v) is 2.12. The Balaban J connectivity index is 2.23. The predicted molar refractivity (Wildman–Crippen MR) is 56.8 cm³/mol. The van der Waals surface area contributed by atoms with E-state index in [-0.39, 0.29) is 0 Å². The fourth-order valence-corrected chi connectivity index (χ4v) is 1.27. The lowest BCUT2D eigenvalue weighted by Crippen LogP contribution is -1.74. The number of rotatable bonds is 2. The van der Waals surface area contributed by atoms with E-state index >= 15 is 0 Å². The summed E-state index contributed by atoms with van der Waals surface area (Å²) in [6, 6.07) is 7.63. The average molecular weight is 206 g/mol. The molecule has 0 bridgehead atoms. The zero-order valence-electron chi connectivity index (χ0n) is 7.31. The summed E-state index contributed by atoms with van der Waals surface area (Å²) < 4.78 is 0. The van der Waals surface area contributed by atoms with E-state index in [2.05, 4.69) is 15.4 Å². The fraction of sp³-hybridized carbons (Fsp3) is 0. The second-order valence-electron chi connectivity index (χ2n) is 2.75. The van der Waals surface area contributed by atoms with Crippen molar-refractivity contribution in [3.63, 3.8) is 0 Å². The highest BCUT2D eigenvalue weighted by atomic mass is 35.5. The number of aromatic nitrogens is 3. The monoisotopic (exact) mass is 205 g/mol. The number of H-pyrrole nitrogens is 1. The second-order valence-corrected chi connectivity index (χ2v) is 3.16. The van der Waals surface area contributed by atoms with Gasteiger partial charge >= 0.3 is 0 Å². The van der Waals surface area contributed by atoms with E-state index < -0.39 is 0 Å². The highest BCUT2D eigenvalue weighted by Crippen LogP contribution is 2.17. The maximum Gasteiger partial charge on any atom is 0.105 e. The number of nitrogens with zero attached hydrogens (tertiary/aromatic N) is 2. The zero-order chi connectivity index (χ0) is 9.80. The van der Waals surface area contributed by atoms with Crippen LogP contribution >= 0.6 is 11.6 Å². The van der Waals surface area contributed by atoms with Crippen molar-refractivity contribution >= 4 is 23.8 Å². The molecule has 1 aromatic carbocycles. The Labute approximate surface area is 86.4 Å². The van der Waals surface area contributed by atoms with E-state index in [0.29, 0.717) is 0 Å². The van der Waals surface area contributed by atoms with E-state index in [1.54, 1.807) is 6.20 Å². The molecule has 0 aliphatic carbocycles. The highest BCUT2D eigenvalue weighted by Gasteiger charge is 1.93. The van der Waals surface area contributed by atoms with Crippen LogP contribution in [0.1, 0.15) is 11.3 Å². The summed E-state index contributed by atoms with van der Waals surface area (Å²) in [5.41, 5.74) is 1.75. The van der Waals surface area contributed by atoms with Crippen LogP contribution in [0, 0.1) is 0 Å². The lowest BCUT2D eigenvalue weighted by molar-refractivity contribution is 0.937. The van der Waals surface area contributed by atoms with Gasteiger partial charge in [-0.2, -0.15) is 15.4 Å². The molecule has 70 valence electrons. The lowest BCUT2D eigenvalue weighted by atomic mass is 10.2. The normalized spacial score (nSPS) is 10.9. The molecule has 0 atom stereocenters. The number of nitrogens with one attached hydrogen (secondary N) is 1. The third kappa shape index (κ3) is 2.00. The minimum Gasteiger partial charge on any atom is -0.197 e. The number of benzene rings is 1. The smallest absolute Gasteiger partial charge is 0.105 e. The Kier molecular flexibility index (Phi) is 2.60. The molecule has 0 unspecified atom stereocenters. The number of halogens is 1. The molecule has 0 aliphatic heterocycles. The summed E-state index contributed by atoms with van der Waals surface area (Å²) in [5, 5.41) is 10.9. The van der Waals surface area contributed by atoms with Crippen LogP contribution in [0.25, 0.3) is 12.2 Å². The van der Waals surface area contributed by atoms with Gasteiger partial charge in [0.2, 0.25) is 0 Å². The van der Waals surface area contributed by atoms with Gasteiger partial charge in [0.15, 0.2) is 0 Å². The van der Waals surface area contributed by atoms with Crippen molar-refractivity contribution in [2.24, 2.45) is 0 Å². The van der Waals surface area contributed by atoms with Crippen LogP contribution < -0.4 is 0 Å². The van der Waals surface area contributed by atoms with Gasteiger partial charge in [0.25, 0.3) is 0 Å². The van der Waals surface area contributed by atoms with Crippen molar-refractivity contribution in [3.8, 4) is 0 Å². The minimum atomic E-state index is 0.729. The minimum absolute atomic E-state index is 0.729. The molecule has 0 fully saturated rings. The van der Waals surface area contributed by atoms with Gasteiger partial charge in [-0.25, -0.2) is 0 Å². The van der Waals surface area contributed by atoms with Crippen LogP contribution in [0.4, 0.5) is 0 Å². The highest BCUT2D eigenvalue weighted by molar-refractivity contribution is 6.32. The maximum atomic E-state index is 5.97. The molecule has 3 nitrogen and oxygen atoms in total. The van der Waals surface area contributed by atoms with Gasteiger partial charge < -0.3 is 0 Å². The SMILES string of the molecule is Clc1ccccc1/C=C/c1cn[nH]n1. The predicted octanol–water partition coefficient (Wildman–Crippen LogP) is 2.63. The standard InChI is InChI=1S/C10H8ClN3/c11-10-4-2-1-3-8(10)5-6-9-7-12-14-13-9/h1-7H,(H,12,13,14)/b6-5+. The Morgan fingerprint density at radius 3 is 2.79 bits per heavy atom. The molecule has 0 spiro atoms. The van der Waals surface area contributed by atoms with Crippen molar-refractivity contribution in [2.75, 3.05) is 0 Å². The van der Waals surface area contributed by atoms with Crippen LogP contribution in [0.5, 0.6) is 0 Å². The quantitative estimate of drug-likeness (QED) is 0.819. The summed E-state index contributed by atoms with van der Waals surface area (Å²) in [4.78, 5) is 0. The molecule has 0 aliphatic rings. The van der Waals surface area contributed by atoms with Crippen LogP contribution in [-0.2, 0) is 0 Å². The Hall–Kier alpha value is -1.61. The van der Waals surface area contributed by atoms with Gasteiger partial charge in [0, 0.05) is 5.02 Å². The van der Waals surface area contributed by atoms with Gasteiger partial charge in [-0.3, -0.25) is 0 Å². The van der Waals surface area contributed by atoms with E-state index in [1.165, 1.54) is 0 Å². The average Bonchev–Trinajstić information content (AvgIpc) is 2.69. The molecular formula is C10H8ClN3. The molecule has 0 saturated heterocycles. The first kappa shape index (κ1) is 8.97. The summed E-state index contributed by atoms with van der Waals surface area (Å²) in [6.07, 6.45) is 5.40. The first-order valence-electron chi connectivity index (χ1n) is 4.14. The molecular weight excluding hydrogens is 198 g/mol. The van der Waals surface area contributed by atoms with E-state index in [0.717, 1.165) is 16.3 Å². The van der Waals surface area contributed by atoms with Crippen LogP contribution in [-0.4, -0.2) is 15.4 Å². The topological polar surface area (TPSA) is 41.6 Å². The van der Waals surface area contributed by atoms with Gasteiger partial charge in [0.05, 0.1) is 6.20 Å². The van der Waals surface area contributed by atoms with Gasteiger partial charge in [-0.15, -0.1) is 0 Å².